The number of rotatable bonds is 4. The van der Waals surface area contributed by atoms with Gasteiger partial charge in [-0.1, -0.05) is 18.3 Å². The number of hydrogen-bond donors (Lipinski definition) is 1. The maximum absolute atomic E-state index is 13.3. The van der Waals surface area contributed by atoms with E-state index in [-0.39, 0.29) is 12.4 Å². The number of ether oxygens (including phenoxy) is 1. The van der Waals surface area contributed by atoms with Gasteiger partial charge in [0.2, 0.25) is 0 Å². The standard InChI is InChI=1S/C14H13FN2OS/c1-9-2-5-12(6-13(9)15)18-8-11-4-3-10(7-17-11)14(16)19/h2-7H,8H2,1H3,(H2,16,19). The molecule has 0 unspecified atom stereocenters. The average molecular weight is 276 g/mol. The van der Waals surface area contributed by atoms with Crippen molar-refractivity contribution >= 4 is 17.2 Å². The number of hydrogen-bond acceptors (Lipinski definition) is 3. The van der Waals surface area contributed by atoms with Gasteiger partial charge in [0.15, 0.2) is 0 Å². The zero-order valence-electron chi connectivity index (χ0n) is 10.4. The van der Waals surface area contributed by atoms with Crippen molar-refractivity contribution in [1.29, 1.82) is 0 Å². The molecule has 19 heavy (non-hydrogen) atoms. The van der Waals surface area contributed by atoms with Crippen LogP contribution in [-0.4, -0.2) is 9.97 Å². The van der Waals surface area contributed by atoms with Crippen molar-refractivity contribution < 1.29 is 9.13 Å². The van der Waals surface area contributed by atoms with E-state index in [1.54, 1.807) is 37.4 Å². The Labute approximate surface area is 116 Å². The van der Waals surface area contributed by atoms with Crippen LogP contribution in [0.4, 0.5) is 4.39 Å². The van der Waals surface area contributed by atoms with Gasteiger partial charge in [-0.3, -0.25) is 4.98 Å². The first-order valence-corrected chi connectivity index (χ1v) is 6.11. The Bertz CT molecular complexity index is 599. The Kier molecular flexibility index (Phi) is 4.06. The predicted octanol–water partition coefficient (Wildman–Crippen LogP) is 2.74. The second-order valence-corrected chi connectivity index (χ2v) is 4.54. The topological polar surface area (TPSA) is 48.1 Å². The highest BCUT2D eigenvalue weighted by Crippen LogP contribution is 2.16. The molecular formula is C14H13FN2OS. The van der Waals surface area contributed by atoms with Crippen LogP contribution in [0, 0.1) is 12.7 Å². The van der Waals surface area contributed by atoms with Gasteiger partial charge >= 0.3 is 0 Å². The van der Waals surface area contributed by atoms with Gasteiger partial charge in [0, 0.05) is 17.8 Å². The first-order valence-electron chi connectivity index (χ1n) is 5.70. The average Bonchev–Trinajstić information content (AvgIpc) is 2.40. The molecule has 0 bridgehead atoms. The van der Waals surface area contributed by atoms with E-state index in [1.165, 1.54) is 6.07 Å². The number of thiocarbonyl (C=S) groups is 1. The molecule has 0 radical (unpaired) electrons. The minimum Gasteiger partial charge on any atom is -0.487 e. The molecule has 0 atom stereocenters. The summed E-state index contributed by atoms with van der Waals surface area (Å²) in [6.45, 7) is 1.97. The van der Waals surface area contributed by atoms with Crippen LogP contribution >= 0.6 is 12.2 Å². The fourth-order valence-electron chi connectivity index (χ4n) is 1.48. The van der Waals surface area contributed by atoms with Gasteiger partial charge < -0.3 is 10.5 Å². The summed E-state index contributed by atoms with van der Waals surface area (Å²) in [5, 5.41) is 0. The Morgan fingerprint density at radius 2 is 2.16 bits per heavy atom. The normalized spacial score (nSPS) is 10.2. The summed E-state index contributed by atoms with van der Waals surface area (Å²) in [6.07, 6.45) is 1.59. The highest BCUT2D eigenvalue weighted by molar-refractivity contribution is 7.80. The predicted molar refractivity (Wildman–Crippen MR) is 75.6 cm³/mol. The van der Waals surface area contributed by atoms with Crippen molar-refractivity contribution in [2.24, 2.45) is 5.73 Å². The van der Waals surface area contributed by atoms with Crippen LogP contribution in [0.2, 0.25) is 0 Å². The summed E-state index contributed by atoms with van der Waals surface area (Å²) in [7, 11) is 0. The van der Waals surface area contributed by atoms with Crippen LogP contribution in [0.3, 0.4) is 0 Å². The van der Waals surface area contributed by atoms with Crippen molar-refractivity contribution in [3.63, 3.8) is 0 Å². The van der Waals surface area contributed by atoms with Crippen LogP contribution in [0.5, 0.6) is 5.75 Å². The van der Waals surface area contributed by atoms with E-state index in [0.717, 1.165) is 5.69 Å². The van der Waals surface area contributed by atoms with Crippen molar-refractivity contribution in [2.75, 3.05) is 0 Å². The number of nitrogens with zero attached hydrogens (tertiary/aromatic N) is 1. The number of nitrogens with two attached hydrogens (primary N) is 1. The lowest BCUT2D eigenvalue weighted by Crippen LogP contribution is -2.10. The second-order valence-electron chi connectivity index (χ2n) is 4.10. The van der Waals surface area contributed by atoms with E-state index < -0.39 is 0 Å². The van der Waals surface area contributed by atoms with Crippen LogP contribution in [-0.2, 0) is 6.61 Å². The molecule has 0 fully saturated rings. The Morgan fingerprint density at radius 1 is 1.37 bits per heavy atom. The minimum atomic E-state index is -0.283. The lowest BCUT2D eigenvalue weighted by molar-refractivity contribution is 0.299. The summed E-state index contributed by atoms with van der Waals surface area (Å²) in [5.74, 6) is 0.192. The van der Waals surface area contributed by atoms with Gasteiger partial charge in [0.25, 0.3) is 0 Å². The van der Waals surface area contributed by atoms with Gasteiger partial charge in [-0.05, 0) is 30.7 Å². The van der Waals surface area contributed by atoms with Gasteiger partial charge in [0.05, 0.1) is 5.69 Å². The van der Waals surface area contributed by atoms with Gasteiger partial charge in [-0.25, -0.2) is 4.39 Å². The van der Waals surface area contributed by atoms with Gasteiger partial charge in [0.1, 0.15) is 23.2 Å². The first-order chi connectivity index (χ1) is 9.06. The van der Waals surface area contributed by atoms with E-state index in [0.29, 0.717) is 21.9 Å². The van der Waals surface area contributed by atoms with Crippen LogP contribution in [0.1, 0.15) is 16.8 Å². The Hall–Kier alpha value is -2.01. The molecule has 0 aliphatic heterocycles. The lowest BCUT2D eigenvalue weighted by Gasteiger charge is -2.07. The molecule has 2 N–H and O–H groups in total. The molecule has 0 aliphatic rings. The molecule has 5 heteroatoms. The summed E-state index contributed by atoms with van der Waals surface area (Å²) >= 11 is 4.84. The third kappa shape index (κ3) is 3.48. The monoisotopic (exact) mass is 276 g/mol. The molecular weight excluding hydrogens is 263 g/mol. The van der Waals surface area contributed by atoms with Crippen LogP contribution in [0.15, 0.2) is 36.5 Å². The minimum absolute atomic E-state index is 0.264. The molecule has 1 aromatic carbocycles. The van der Waals surface area contributed by atoms with E-state index >= 15 is 0 Å². The zero-order chi connectivity index (χ0) is 13.8. The molecule has 0 aliphatic carbocycles. The molecule has 3 nitrogen and oxygen atoms in total. The Balaban J connectivity index is 2.01. The van der Waals surface area contributed by atoms with Crippen LogP contribution < -0.4 is 10.5 Å². The van der Waals surface area contributed by atoms with E-state index in [4.69, 9.17) is 22.7 Å². The summed E-state index contributed by atoms with van der Waals surface area (Å²) in [5.41, 5.74) is 7.50. The van der Waals surface area contributed by atoms with Crippen LogP contribution in [0.25, 0.3) is 0 Å². The highest BCUT2D eigenvalue weighted by Gasteiger charge is 2.02. The first kappa shape index (κ1) is 13.4. The molecule has 0 saturated carbocycles. The molecule has 2 rings (SSSR count). The number of halogens is 1. The third-order valence-electron chi connectivity index (χ3n) is 2.64. The molecule has 98 valence electrons. The van der Waals surface area contributed by atoms with E-state index in [9.17, 15) is 4.39 Å². The molecule has 1 heterocycles. The molecule has 0 spiro atoms. The fourth-order valence-corrected chi connectivity index (χ4v) is 1.60. The summed E-state index contributed by atoms with van der Waals surface area (Å²) < 4.78 is 18.8. The second kappa shape index (κ2) is 5.75. The number of pyridine rings is 1. The van der Waals surface area contributed by atoms with Crippen molar-refractivity contribution in [3.8, 4) is 5.75 Å². The molecule has 1 aromatic heterocycles. The summed E-state index contributed by atoms with van der Waals surface area (Å²) in [4.78, 5) is 4.47. The molecule has 0 amide bonds. The van der Waals surface area contributed by atoms with Crippen molar-refractivity contribution in [3.05, 3.63) is 59.2 Å². The lowest BCUT2D eigenvalue weighted by atomic mass is 10.2. The maximum atomic E-state index is 13.3. The number of aryl methyl sites for hydroxylation is 1. The third-order valence-corrected chi connectivity index (χ3v) is 2.87. The quantitative estimate of drug-likeness (QED) is 0.872. The molecule has 0 saturated heterocycles. The number of benzene rings is 1. The largest absolute Gasteiger partial charge is 0.487 e. The number of aromatic nitrogens is 1. The summed E-state index contributed by atoms with van der Waals surface area (Å²) in [6, 6.07) is 8.32. The smallest absolute Gasteiger partial charge is 0.130 e. The fraction of sp³-hybridized carbons (Fsp3) is 0.143. The molecule has 2 aromatic rings. The van der Waals surface area contributed by atoms with Gasteiger partial charge in [-0.15, -0.1) is 0 Å². The SMILES string of the molecule is Cc1ccc(OCc2ccc(C(N)=S)cn2)cc1F. The maximum Gasteiger partial charge on any atom is 0.130 e. The van der Waals surface area contributed by atoms with Gasteiger partial charge in [-0.2, -0.15) is 0 Å². The highest BCUT2D eigenvalue weighted by atomic mass is 32.1. The zero-order valence-corrected chi connectivity index (χ0v) is 11.2. The van der Waals surface area contributed by atoms with Crippen molar-refractivity contribution in [1.82, 2.24) is 4.98 Å². The van der Waals surface area contributed by atoms with E-state index in [2.05, 4.69) is 4.98 Å². The van der Waals surface area contributed by atoms with Crippen molar-refractivity contribution in [2.45, 2.75) is 13.5 Å². The van der Waals surface area contributed by atoms with E-state index in [1.807, 2.05) is 0 Å². The Morgan fingerprint density at radius 3 is 2.74 bits per heavy atom.